The minimum Gasteiger partial charge on any atom is -0.457 e. The molecule has 0 bridgehead atoms. The summed E-state index contributed by atoms with van der Waals surface area (Å²) < 4.78 is 25.6. The van der Waals surface area contributed by atoms with Crippen LogP contribution in [0.5, 0.6) is 0 Å². The lowest BCUT2D eigenvalue weighted by molar-refractivity contribution is -0.278. The van der Waals surface area contributed by atoms with Crippen LogP contribution in [0.2, 0.25) is 0 Å². The highest BCUT2D eigenvalue weighted by molar-refractivity contribution is 5.84. The Morgan fingerprint density at radius 1 is 0.958 bits per heavy atom. The van der Waals surface area contributed by atoms with E-state index in [0.29, 0.717) is 49.1 Å². The summed E-state index contributed by atoms with van der Waals surface area (Å²) >= 11 is 0. The number of carbonyl (C=O) groups is 2. The normalized spacial score (nSPS) is 50.7. The van der Waals surface area contributed by atoms with E-state index in [-0.39, 0.29) is 60.3 Å². The van der Waals surface area contributed by atoms with Gasteiger partial charge in [-0.2, -0.15) is 0 Å². The number of aliphatic hydroxyl groups excluding tert-OH is 1. The molecule has 7 aliphatic rings. The predicted octanol–water partition coefficient (Wildman–Crippen LogP) is 2.89. The molecule has 1 spiro atoms. The minimum atomic E-state index is -0.915. The average Bonchev–Trinajstić information content (AvgIpc) is 3.70. The Balaban J connectivity index is 1.00. The molecule has 11 nitrogen and oxygen atoms in total. The molecule has 6 heterocycles. The van der Waals surface area contributed by atoms with Gasteiger partial charge in [0.15, 0.2) is 5.60 Å². The van der Waals surface area contributed by atoms with Crippen LogP contribution in [0, 0.1) is 35.5 Å². The lowest BCUT2D eigenvalue weighted by atomic mass is 9.62. The maximum Gasteiger partial charge on any atom is 0.341 e. The average molecular weight is 675 g/mol. The van der Waals surface area contributed by atoms with Crippen LogP contribution in [-0.2, 0) is 28.5 Å². The summed E-state index contributed by atoms with van der Waals surface area (Å²) in [5.74, 6) is 0.312. The number of nitrogens with two attached hydrogens (primary N) is 2. The van der Waals surface area contributed by atoms with E-state index in [2.05, 4.69) is 24.5 Å². The molecule has 7 rings (SSSR count). The highest BCUT2D eigenvalue weighted by Gasteiger charge is 2.66. The lowest BCUT2D eigenvalue weighted by Gasteiger charge is -2.57. The molecule has 0 amide bonds. The van der Waals surface area contributed by atoms with Gasteiger partial charge in [0.05, 0.1) is 48.8 Å². The zero-order chi connectivity index (χ0) is 34.1. The molecule has 0 radical (unpaired) electrons. The van der Waals surface area contributed by atoms with Crippen LogP contribution in [0.15, 0.2) is 0 Å². The summed E-state index contributed by atoms with van der Waals surface area (Å²) in [6, 6.07) is 0.762. The molecule has 48 heavy (non-hydrogen) atoms. The number of ketones is 1. The number of piperidine rings is 2. The summed E-state index contributed by atoms with van der Waals surface area (Å²) in [5.41, 5.74) is 11.3. The van der Waals surface area contributed by atoms with Crippen LogP contribution in [0.25, 0.3) is 0 Å². The monoisotopic (exact) mass is 674 g/mol. The lowest BCUT2D eigenvalue weighted by Crippen LogP contribution is -2.66. The molecule has 1 saturated carbocycles. The quantitative estimate of drug-likeness (QED) is 0.215. The second-order valence-corrected chi connectivity index (χ2v) is 17.6. The van der Waals surface area contributed by atoms with E-state index >= 15 is 0 Å². The number of hydrogen-bond acceptors (Lipinski definition) is 11. The Morgan fingerprint density at radius 2 is 1.73 bits per heavy atom. The zero-order valence-electron chi connectivity index (χ0n) is 29.8. The highest BCUT2D eigenvalue weighted by atomic mass is 16.7. The minimum absolute atomic E-state index is 0.0135. The topological polar surface area (TPSA) is 171 Å². The third-order valence-corrected chi connectivity index (χ3v) is 13.4. The first-order valence-electron chi connectivity index (χ1n) is 19.2. The standard InChI is InChI=1S/C37H62N4O7/c1-18(2)23-15-21(16-30(39)40-23)24-13-20(14-29(38)41-24)9-10-28-37(48-28)11-7-6-8-22-31-27(47-36(4,5)34(22)46-35(37)44)17-26-32(33(31)43)25(42)12-19(3)45-26/h18-24,26-34,40-41,43H,6-17,38-39H2,1-5H3/t19?,20?,21?,22-,23?,24?,26?,27?,28+,29?,30?,31?,32?,33?,34+,37-/m0/s1. The van der Waals surface area contributed by atoms with Crippen LogP contribution in [0.4, 0.5) is 0 Å². The van der Waals surface area contributed by atoms with Gasteiger partial charge in [0.25, 0.3) is 0 Å². The molecular weight excluding hydrogens is 612 g/mol. The van der Waals surface area contributed by atoms with Crippen LogP contribution in [0.1, 0.15) is 112 Å². The van der Waals surface area contributed by atoms with E-state index in [4.69, 9.17) is 30.4 Å². The second-order valence-electron chi connectivity index (χ2n) is 17.6. The highest BCUT2D eigenvalue weighted by Crippen LogP contribution is 2.53. The van der Waals surface area contributed by atoms with Crippen molar-refractivity contribution < 1.29 is 33.6 Å². The Hall–Kier alpha value is -1.18. The van der Waals surface area contributed by atoms with Gasteiger partial charge in [0.1, 0.15) is 17.5 Å². The summed E-state index contributed by atoms with van der Waals surface area (Å²) in [6.45, 7) is 10.4. The SMILES string of the molecule is CC1CC(=O)C2C(CC3OC(C)(C)[C@@H]4OC(=O)[C@@]5(CCCC[C@H]4C3C2O)O[C@@H]5CCC2CC(N)NC(C3CC(N)NC(C(C)C)C3)C2)O1. The fourth-order valence-corrected chi connectivity index (χ4v) is 11.0. The Kier molecular flexibility index (Phi) is 9.85. The van der Waals surface area contributed by atoms with Gasteiger partial charge in [-0.15, -0.1) is 0 Å². The third kappa shape index (κ3) is 6.64. The Bertz CT molecular complexity index is 1200. The molecule has 0 aromatic heterocycles. The first kappa shape index (κ1) is 35.2. The van der Waals surface area contributed by atoms with E-state index in [1.807, 2.05) is 20.8 Å². The number of aliphatic hydroxyl groups is 1. The smallest absolute Gasteiger partial charge is 0.341 e. The largest absolute Gasteiger partial charge is 0.457 e. The Labute approximate surface area is 286 Å². The van der Waals surface area contributed by atoms with Crippen LogP contribution >= 0.6 is 0 Å². The number of fused-ring (bicyclic) bond motifs is 4. The number of hydrogen-bond donors (Lipinski definition) is 5. The molecule has 1 aliphatic carbocycles. The molecule has 6 saturated heterocycles. The number of Topliss-reactive ketones (excluding diaryl/α,β-unsaturated/α-hetero) is 1. The number of ether oxygens (including phenoxy) is 4. The van der Waals surface area contributed by atoms with Gasteiger partial charge in [0, 0.05) is 36.8 Å². The van der Waals surface area contributed by atoms with Gasteiger partial charge < -0.3 is 35.5 Å². The number of rotatable bonds is 5. The third-order valence-electron chi connectivity index (χ3n) is 13.4. The maximum atomic E-state index is 14.1. The van der Waals surface area contributed by atoms with E-state index in [0.717, 1.165) is 57.8 Å². The van der Waals surface area contributed by atoms with Crippen molar-refractivity contribution >= 4 is 11.8 Å². The van der Waals surface area contributed by atoms with Crippen molar-refractivity contribution in [3.8, 4) is 0 Å². The van der Waals surface area contributed by atoms with Crippen LogP contribution < -0.4 is 22.1 Å². The molecule has 0 aromatic carbocycles. The summed E-state index contributed by atoms with van der Waals surface area (Å²) in [4.78, 5) is 27.2. The van der Waals surface area contributed by atoms with Gasteiger partial charge in [-0.05, 0) is 96.3 Å². The van der Waals surface area contributed by atoms with Crippen molar-refractivity contribution in [3.05, 3.63) is 0 Å². The van der Waals surface area contributed by atoms with Gasteiger partial charge in [-0.25, -0.2) is 4.79 Å². The van der Waals surface area contributed by atoms with Crippen molar-refractivity contribution in [2.75, 3.05) is 0 Å². The van der Waals surface area contributed by atoms with Gasteiger partial charge in [-0.3, -0.25) is 15.4 Å². The predicted molar refractivity (Wildman–Crippen MR) is 179 cm³/mol. The molecule has 7 fully saturated rings. The van der Waals surface area contributed by atoms with Crippen LogP contribution in [-0.4, -0.2) is 89.1 Å². The second kappa shape index (κ2) is 13.4. The first-order valence-corrected chi connectivity index (χ1v) is 19.2. The zero-order valence-corrected chi connectivity index (χ0v) is 29.8. The van der Waals surface area contributed by atoms with E-state index in [1.54, 1.807) is 0 Å². The summed E-state index contributed by atoms with van der Waals surface area (Å²) in [6.07, 6.45) is 7.53. The van der Waals surface area contributed by atoms with E-state index in [9.17, 15) is 14.7 Å². The maximum absolute atomic E-state index is 14.1. The molecule has 12 unspecified atom stereocenters. The van der Waals surface area contributed by atoms with Crippen molar-refractivity contribution in [2.45, 2.75) is 184 Å². The molecule has 272 valence electrons. The Morgan fingerprint density at radius 3 is 2.50 bits per heavy atom. The van der Waals surface area contributed by atoms with Gasteiger partial charge in [0.2, 0.25) is 0 Å². The fourth-order valence-electron chi connectivity index (χ4n) is 11.0. The summed E-state index contributed by atoms with van der Waals surface area (Å²) in [7, 11) is 0. The van der Waals surface area contributed by atoms with Crippen molar-refractivity contribution in [3.63, 3.8) is 0 Å². The van der Waals surface area contributed by atoms with Crippen molar-refractivity contribution in [1.29, 1.82) is 0 Å². The molecule has 0 aromatic rings. The summed E-state index contributed by atoms with van der Waals surface area (Å²) in [5, 5.41) is 19.0. The van der Waals surface area contributed by atoms with Crippen LogP contribution in [0.3, 0.4) is 0 Å². The number of esters is 1. The van der Waals surface area contributed by atoms with Gasteiger partial charge in [-0.1, -0.05) is 20.3 Å². The molecular formula is C37H62N4O7. The number of epoxide rings is 1. The fraction of sp³-hybridized carbons (Fsp3) is 0.946. The van der Waals surface area contributed by atoms with E-state index in [1.165, 1.54) is 0 Å². The molecule has 6 aliphatic heterocycles. The molecule has 11 heteroatoms. The first-order chi connectivity index (χ1) is 22.8. The molecule has 7 N–H and O–H groups in total. The van der Waals surface area contributed by atoms with Crippen molar-refractivity contribution in [2.24, 2.45) is 47.0 Å². The van der Waals surface area contributed by atoms with Gasteiger partial charge >= 0.3 is 5.97 Å². The number of carbonyl (C=O) groups excluding carboxylic acids is 2. The molecule has 16 atom stereocenters. The van der Waals surface area contributed by atoms with Crippen molar-refractivity contribution in [1.82, 2.24) is 10.6 Å². The number of nitrogens with one attached hydrogen (secondary N) is 2. The van der Waals surface area contributed by atoms with E-state index < -0.39 is 29.3 Å².